The number of benzene rings is 1. The topological polar surface area (TPSA) is 32.3 Å². The summed E-state index contributed by atoms with van der Waals surface area (Å²) in [6.07, 6.45) is 7.86. The maximum atomic E-state index is 9.51. The average molecular weight is 312 g/mol. The van der Waals surface area contributed by atoms with Crippen LogP contribution in [0.4, 0.5) is 5.69 Å². The van der Waals surface area contributed by atoms with Crippen molar-refractivity contribution in [2.24, 2.45) is 5.92 Å². The molecular weight excluding hydrogens is 290 g/mol. The Morgan fingerprint density at radius 2 is 2.06 bits per heavy atom. The maximum Gasteiger partial charge on any atom is 0.0632 e. The molecule has 1 saturated carbocycles. The SMILES string of the molecule is OCC(CC1CCCCC1)Nc1cccc(Br)c1. The molecule has 0 saturated heterocycles. The molecule has 2 rings (SSSR count). The quantitative estimate of drug-likeness (QED) is 0.854. The second-order valence-corrected chi connectivity index (χ2v) is 6.19. The lowest BCUT2D eigenvalue weighted by molar-refractivity contribution is 0.237. The molecule has 0 heterocycles. The van der Waals surface area contributed by atoms with Gasteiger partial charge in [0, 0.05) is 16.2 Å². The molecule has 1 fully saturated rings. The van der Waals surface area contributed by atoms with Crippen LogP contribution in [0.3, 0.4) is 0 Å². The monoisotopic (exact) mass is 311 g/mol. The van der Waals surface area contributed by atoms with Crippen molar-refractivity contribution < 1.29 is 5.11 Å². The highest BCUT2D eigenvalue weighted by molar-refractivity contribution is 9.10. The van der Waals surface area contributed by atoms with Gasteiger partial charge < -0.3 is 10.4 Å². The molecule has 100 valence electrons. The van der Waals surface area contributed by atoms with E-state index in [1.54, 1.807) is 0 Å². The van der Waals surface area contributed by atoms with Crippen LogP contribution in [-0.2, 0) is 0 Å². The molecule has 1 aromatic carbocycles. The fourth-order valence-electron chi connectivity index (χ4n) is 2.82. The lowest BCUT2D eigenvalue weighted by atomic mass is 9.85. The van der Waals surface area contributed by atoms with Gasteiger partial charge in [-0.25, -0.2) is 0 Å². The third-order valence-corrected chi connectivity index (χ3v) is 4.25. The molecule has 2 N–H and O–H groups in total. The van der Waals surface area contributed by atoms with Crippen molar-refractivity contribution in [3.63, 3.8) is 0 Å². The summed E-state index contributed by atoms with van der Waals surface area (Å²) in [5.74, 6) is 0.788. The molecule has 0 spiro atoms. The van der Waals surface area contributed by atoms with E-state index in [1.807, 2.05) is 18.2 Å². The van der Waals surface area contributed by atoms with E-state index in [0.717, 1.165) is 22.5 Å². The number of anilines is 1. The fourth-order valence-corrected chi connectivity index (χ4v) is 3.22. The highest BCUT2D eigenvalue weighted by atomic mass is 79.9. The Bertz CT molecular complexity index is 363. The Balaban J connectivity index is 1.88. The Morgan fingerprint density at radius 1 is 1.28 bits per heavy atom. The van der Waals surface area contributed by atoms with E-state index in [1.165, 1.54) is 32.1 Å². The molecule has 2 nitrogen and oxygen atoms in total. The van der Waals surface area contributed by atoms with Crippen molar-refractivity contribution >= 4 is 21.6 Å². The highest BCUT2D eigenvalue weighted by Gasteiger charge is 2.18. The highest BCUT2D eigenvalue weighted by Crippen LogP contribution is 2.28. The number of aliphatic hydroxyl groups is 1. The van der Waals surface area contributed by atoms with Gasteiger partial charge in [-0.2, -0.15) is 0 Å². The zero-order valence-corrected chi connectivity index (χ0v) is 12.3. The molecule has 0 aliphatic heterocycles. The molecule has 3 heteroatoms. The van der Waals surface area contributed by atoms with Crippen LogP contribution >= 0.6 is 15.9 Å². The molecule has 0 radical (unpaired) electrons. The van der Waals surface area contributed by atoms with Gasteiger partial charge in [-0.3, -0.25) is 0 Å². The second kappa shape index (κ2) is 7.15. The summed E-state index contributed by atoms with van der Waals surface area (Å²) in [6, 6.07) is 8.32. The molecule has 1 aromatic rings. The zero-order chi connectivity index (χ0) is 12.8. The van der Waals surface area contributed by atoms with Gasteiger partial charge in [-0.1, -0.05) is 54.1 Å². The van der Waals surface area contributed by atoms with Gasteiger partial charge >= 0.3 is 0 Å². The third kappa shape index (κ3) is 4.29. The first-order valence-corrected chi connectivity index (χ1v) is 7.70. The van der Waals surface area contributed by atoms with Gasteiger partial charge in [-0.15, -0.1) is 0 Å². The van der Waals surface area contributed by atoms with Crippen LogP contribution < -0.4 is 5.32 Å². The lowest BCUT2D eigenvalue weighted by Gasteiger charge is -2.26. The van der Waals surface area contributed by atoms with Gasteiger partial charge in [0.05, 0.1) is 6.61 Å². The van der Waals surface area contributed by atoms with Crippen molar-refractivity contribution in [2.75, 3.05) is 11.9 Å². The molecule has 1 aliphatic rings. The number of rotatable bonds is 5. The first-order valence-electron chi connectivity index (χ1n) is 6.91. The Hall–Kier alpha value is -0.540. The number of halogens is 1. The average Bonchev–Trinajstić information content (AvgIpc) is 2.39. The minimum absolute atomic E-state index is 0.183. The van der Waals surface area contributed by atoms with Crippen LogP contribution in [0.15, 0.2) is 28.7 Å². The van der Waals surface area contributed by atoms with Crippen molar-refractivity contribution in [3.8, 4) is 0 Å². The van der Waals surface area contributed by atoms with Crippen LogP contribution in [0.1, 0.15) is 38.5 Å². The van der Waals surface area contributed by atoms with Gasteiger partial charge in [-0.05, 0) is 30.5 Å². The number of nitrogens with one attached hydrogen (secondary N) is 1. The molecule has 1 aliphatic carbocycles. The van der Waals surface area contributed by atoms with Crippen molar-refractivity contribution in [3.05, 3.63) is 28.7 Å². The Labute approximate surface area is 118 Å². The predicted octanol–water partition coefficient (Wildman–Crippen LogP) is 4.19. The second-order valence-electron chi connectivity index (χ2n) is 5.27. The van der Waals surface area contributed by atoms with E-state index < -0.39 is 0 Å². The maximum absolute atomic E-state index is 9.51. The van der Waals surface area contributed by atoms with Crippen LogP contribution in [-0.4, -0.2) is 17.8 Å². The lowest BCUT2D eigenvalue weighted by Crippen LogP contribution is -2.27. The van der Waals surface area contributed by atoms with Crippen molar-refractivity contribution in [2.45, 2.75) is 44.6 Å². The van der Waals surface area contributed by atoms with Gasteiger partial charge in [0.25, 0.3) is 0 Å². The van der Waals surface area contributed by atoms with Crippen LogP contribution in [0.25, 0.3) is 0 Å². The molecule has 18 heavy (non-hydrogen) atoms. The minimum Gasteiger partial charge on any atom is -0.394 e. The Kier molecular flexibility index (Phi) is 5.51. The summed E-state index contributed by atoms with van der Waals surface area (Å²) in [5.41, 5.74) is 1.08. The summed E-state index contributed by atoms with van der Waals surface area (Å²) in [5, 5.41) is 12.9. The molecule has 1 unspecified atom stereocenters. The summed E-state index contributed by atoms with van der Waals surface area (Å²) in [7, 11) is 0. The Morgan fingerprint density at radius 3 is 2.72 bits per heavy atom. The fraction of sp³-hybridized carbons (Fsp3) is 0.600. The van der Waals surface area contributed by atoms with E-state index >= 15 is 0 Å². The third-order valence-electron chi connectivity index (χ3n) is 3.76. The molecule has 0 amide bonds. The van der Waals surface area contributed by atoms with E-state index in [9.17, 15) is 5.11 Å². The number of hydrogen-bond donors (Lipinski definition) is 2. The standard InChI is InChI=1S/C15H22BrNO/c16-13-7-4-8-14(10-13)17-15(11-18)9-12-5-2-1-3-6-12/h4,7-8,10,12,15,17-18H,1-3,5-6,9,11H2. The zero-order valence-electron chi connectivity index (χ0n) is 10.7. The van der Waals surface area contributed by atoms with Crippen LogP contribution in [0.2, 0.25) is 0 Å². The van der Waals surface area contributed by atoms with Crippen molar-refractivity contribution in [1.29, 1.82) is 0 Å². The van der Waals surface area contributed by atoms with E-state index in [0.29, 0.717) is 0 Å². The molecular formula is C15H22BrNO. The first-order chi connectivity index (χ1) is 8.78. The smallest absolute Gasteiger partial charge is 0.0632 e. The van der Waals surface area contributed by atoms with E-state index in [4.69, 9.17) is 0 Å². The van der Waals surface area contributed by atoms with E-state index in [2.05, 4.69) is 27.3 Å². The summed E-state index contributed by atoms with van der Waals surface area (Å²) < 4.78 is 1.07. The van der Waals surface area contributed by atoms with Gasteiger partial charge in [0.2, 0.25) is 0 Å². The van der Waals surface area contributed by atoms with Crippen molar-refractivity contribution in [1.82, 2.24) is 0 Å². The molecule has 0 aromatic heterocycles. The van der Waals surface area contributed by atoms with Crippen LogP contribution in [0.5, 0.6) is 0 Å². The first kappa shape index (κ1) is 13.9. The molecule has 0 bridgehead atoms. The van der Waals surface area contributed by atoms with Gasteiger partial charge in [0.15, 0.2) is 0 Å². The number of hydrogen-bond acceptors (Lipinski definition) is 2. The molecule has 1 atom stereocenters. The summed E-state index contributed by atoms with van der Waals surface area (Å²) >= 11 is 3.47. The minimum atomic E-state index is 0.183. The normalized spacial score (nSPS) is 18.6. The van der Waals surface area contributed by atoms with Gasteiger partial charge in [0.1, 0.15) is 0 Å². The largest absolute Gasteiger partial charge is 0.394 e. The summed E-state index contributed by atoms with van der Waals surface area (Å²) in [4.78, 5) is 0. The van der Waals surface area contributed by atoms with Crippen LogP contribution in [0, 0.1) is 5.92 Å². The number of aliphatic hydroxyl groups excluding tert-OH is 1. The summed E-state index contributed by atoms with van der Waals surface area (Å²) in [6.45, 7) is 0.211. The predicted molar refractivity (Wildman–Crippen MR) is 79.8 cm³/mol. The van der Waals surface area contributed by atoms with E-state index in [-0.39, 0.29) is 12.6 Å².